The van der Waals surface area contributed by atoms with Crippen LogP contribution < -0.4 is 5.32 Å². The number of thiocarbonyl (C=S) groups is 1. The summed E-state index contributed by atoms with van der Waals surface area (Å²) in [5, 5.41) is 10.9. The maximum absolute atomic E-state index is 13.7. The van der Waals surface area contributed by atoms with Crippen molar-refractivity contribution in [3.63, 3.8) is 0 Å². The van der Waals surface area contributed by atoms with Crippen molar-refractivity contribution in [2.75, 3.05) is 11.9 Å². The molecule has 0 radical (unpaired) electrons. The normalized spacial score (nSPS) is 14.9. The van der Waals surface area contributed by atoms with Crippen LogP contribution in [0.15, 0.2) is 63.8 Å². The molecule has 1 N–H and O–H groups in total. The van der Waals surface area contributed by atoms with Crippen molar-refractivity contribution >= 4 is 74.4 Å². The molecule has 0 atom stereocenters. The van der Waals surface area contributed by atoms with Gasteiger partial charge in [-0.3, -0.25) is 19.8 Å². The minimum Gasteiger partial charge on any atom is -0.299 e. The summed E-state index contributed by atoms with van der Waals surface area (Å²) in [5.41, 5.74) is 1.45. The van der Waals surface area contributed by atoms with Gasteiger partial charge >= 0.3 is 0 Å². The highest BCUT2D eigenvalue weighted by molar-refractivity contribution is 8.26. The van der Waals surface area contributed by atoms with Crippen LogP contribution in [0, 0.1) is 5.82 Å². The fourth-order valence-corrected chi connectivity index (χ4v) is 5.72. The molecule has 1 saturated heterocycles. The van der Waals surface area contributed by atoms with E-state index in [4.69, 9.17) is 12.2 Å². The molecule has 1 fully saturated rings. The Hall–Kier alpha value is -2.60. The molecule has 0 aliphatic carbocycles. The lowest BCUT2D eigenvalue weighted by Crippen LogP contribution is -2.36. The van der Waals surface area contributed by atoms with Crippen molar-refractivity contribution in [1.29, 1.82) is 0 Å². The summed E-state index contributed by atoms with van der Waals surface area (Å²) >= 11 is 8.95. The van der Waals surface area contributed by atoms with Gasteiger partial charge < -0.3 is 0 Å². The molecule has 0 bridgehead atoms. The van der Waals surface area contributed by atoms with Gasteiger partial charge in [-0.05, 0) is 23.3 Å². The molecule has 11 heteroatoms. The number of amides is 2. The summed E-state index contributed by atoms with van der Waals surface area (Å²) < 4.78 is 14.6. The third kappa shape index (κ3) is 5.60. The van der Waals surface area contributed by atoms with Gasteiger partial charge in [-0.2, -0.15) is 0 Å². The third-order valence-electron chi connectivity index (χ3n) is 4.23. The summed E-state index contributed by atoms with van der Waals surface area (Å²) in [6, 6.07) is 15.9. The zero-order valence-corrected chi connectivity index (χ0v) is 19.6. The smallest absolute Gasteiger partial charge is 0.266 e. The van der Waals surface area contributed by atoms with Crippen LogP contribution in [0.25, 0.3) is 6.08 Å². The van der Waals surface area contributed by atoms with Crippen molar-refractivity contribution in [3.05, 3.63) is 76.4 Å². The maximum atomic E-state index is 13.7. The van der Waals surface area contributed by atoms with Crippen LogP contribution in [0.2, 0.25) is 0 Å². The van der Waals surface area contributed by atoms with E-state index in [-0.39, 0.29) is 18.3 Å². The number of carbonyl (C=O) groups is 2. The van der Waals surface area contributed by atoms with Crippen LogP contribution in [-0.2, 0) is 15.3 Å². The molecular weight excluding hydrogens is 488 g/mol. The Bertz CT molecular complexity index is 1200. The van der Waals surface area contributed by atoms with Crippen molar-refractivity contribution < 1.29 is 14.0 Å². The zero-order valence-electron chi connectivity index (χ0n) is 16.4. The molecule has 1 aliphatic heterocycles. The van der Waals surface area contributed by atoms with E-state index in [1.807, 2.05) is 30.3 Å². The lowest BCUT2D eigenvalue weighted by molar-refractivity contribution is -0.126. The second-order valence-corrected chi connectivity index (χ2v) is 10.4. The number of halogens is 1. The third-order valence-corrected chi connectivity index (χ3v) is 7.63. The van der Waals surface area contributed by atoms with Gasteiger partial charge in [-0.25, -0.2) is 4.39 Å². The topological polar surface area (TPSA) is 75.2 Å². The van der Waals surface area contributed by atoms with Crippen LogP contribution >= 0.6 is 47.1 Å². The number of rotatable bonds is 7. The highest BCUT2D eigenvalue weighted by atomic mass is 32.2. The molecular formula is C21H15FN4O2S4. The van der Waals surface area contributed by atoms with Crippen LogP contribution in [0.3, 0.4) is 0 Å². The van der Waals surface area contributed by atoms with Gasteiger partial charge in [0.05, 0.1) is 4.91 Å². The number of hydrogen-bond donors (Lipinski definition) is 1. The van der Waals surface area contributed by atoms with Crippen LogP contribution in [0.5, 0.6) is 0 Å². The van der Waals surface area contributed by atoms with Crippen molar-refractivity contribution in [2.24, 2.45) is 0 Å². The Morgan fingerprint density at radius 3 is 2.69 bits per heavy atom. The van der Waals surface area contributed by atoms with Gasteiger partial charge in [-0.1, -0.05) is 95.6 Å². The number of hydrogen-bond acceptors (Lipinski definition) is 8. The first-order valence-corrected chi connectivity index (χ1v) is 12.3. The second-order valence-electron chi connectivity index (χ2n) is 6.48. The highest BCUT2D eigenvalue weighted by Crippen LogP contribution is 2.33. The van der Waals surface area contributed by atoms with Gasteiger partial charge in [0.15, 0.2) is 4.34 Å². The summed E-state index contributed by atoms with van der Waals surface area (Å²) in [5.74, 6) is -0.608. The number of aromatic nitrogens is 2. The Morgan fingerprint density at radius 1 is 1.16 bits per heavy atom. The Morgan fingerprint density at radius 2 is 1.91 bits per heavy atom. The molecule has 1 aromatic heterocycles. The first kappa shape index (κ1) is 22.6. The van der Waals surface area contributed by atoms with E-state index in [9.17, 15) is 14.0 Å². The number of carbonyl (C=O) groups excluding carboxylic acids is 2. The molecule has 2 aromatic carbocycles. The van der Waals surface area contributed by atoms with E-state index >= 15 is 0 Å². The minimum absolute atomic E-state index is 0.214. The Labute approximate surface area is 201 Å². The Kier molecular flexibility index (Phi) is 7.30. The SMILES string of the molecule is O=C(CN1C(=O)/C(=C/c2ccccc2)SC1=S)Nc1nnc(SCc2ccccc2F)s1. The molecule has 0 saturated carbocycles. The molecule has 6 nitrogen and oxygen atoms in total. The van der Waals surface area contributed by atoms with Crippen LogP contribution in [0.1, 0.15) is 11.1 Å². The molecule has 2 amide bonds. The molecule has 3 aromatic rings. The number of nitrogens with zero attached hydrogens (tertiary/aromatic N) is 3. The first-order chi connectivity index (χ1) is 15.5. The zero-order chi connectivity index (χ0) is 22.5. The molecule has 162 valence electrons. The molecule has 1 aliphatic rings. The standard InChI is InChI=1S/C21H15FN4O2S4/c22-15-9-5-4-8-14(15)12-30-20-25-24-19(32-20)23-17(27)11-26-18(28)16(31-21(26)29)10-13-6-2-1-3-7-13/h1-10H,11-12H2,(H,23,24,27)/b16-10-. The summed E-state index contributed by atoms with van der Waals surface area (Å²) in [7, 11) is 0. The predicted octanol–water partition coefficient (Wildman–Crippen LogP) is 4.81. The molecule has 4 rings (SSSR count). The number of benzene rings is 2. The number of anilines is 1. The summed E-state index contributed by atoms with van der Waals surface area (Å²) in [6.45, 7) is -0.214. The number of thioether (sulfide) groups is 2. The van der Waals surface area contributed by atoms with E-state index < -0.39 is 5.91 Å². The van der Waals surface area contributed by atoms with E-state index in [0.29, 0.717) is 30.0 Å². The van der Waals surface area contributed by atoms with E-state index in [1.165, 1.54) is 34.1 Å². The summed E-state index contributed by atoms with van der Waals surface area (Å²) in [6.07, 6.45) is 1.75. The fourth-order valence-electron chi connectivity index (χ4n) is 2.71. The lowest BCUT2D eigenvalue weighted by atomic mass is 10.2. The van der Waals surface area contributed by atoms with Gasteiger partial charge in [0.1, 0.15) is 16.7 Å². The minimum atomic E-state index is -0.427. The first-order valence-electron chi connectivity index (χ1n) is 9.29. The predicted molar refractivity (Wildman–Crippen MR) is 131 cm³/mol. The molecule has 32 heavy (non-hydrogen) atoms. The average molecular weight is 503 g/mol. The van der Waals surface area contributed by atoms with E-state index in [0.717, 1.165) is 17.3 Å². The maximum Gasteiger partial charge on any atom is 0.266 e. The molecule has 0 spiro atoms. The van der Waals surface area contributed by atoms with Gasteiger partial charge in [0.25, 0.3) is 5.91 Å². The van der Waals surface area contributed by atoms with Crippen LogP contribution in [0.4, 0.5) is 9.52 Å². The van der Waals surface area contributed by atoms with E-state index in [1.54, 1.807) is 24.3 Å². The van der Waals surface area contributed by atoms with Crippen molar-refractivity contribution in [1.82, 2.24) is 15.1 Å². The lowest BCUT2D eigenvalue weighted by Gasteiger charge is -2.13. The van der Waals surface area contributed by atoms with Crippen molar-refractivity contribution in [3.8, 4) is 0 Å². The number of nitrogens with one attached hydrogen (secondary N) is 1. The Balaban J connectivity index is 1.33. The largest absolute Gasteiger partial charge is 0.299 e. The average Bonchev–Trinajstić information content (AvgIpc) is 3.33. The molecule has 0 unspecified atom stereocenters. The molecule has 2 heterocycles. The monoisotopic (exact) mass is 502 g/mol. The van der Waals surface area contributed by atoms with Gasteiger partial charge in [-0.15, -0.1) is 10.2 Å². The van der Waals surface area contributed by atoms with Crippen molar-refractivity contribution in [2.45, 2.75) is 10.1 Å². The van der Waals surface area contributed by atoms with Gasteiger partial charge in [0, 0.05) is 5.75 Å². The highest BCUT2D eigenvalue weighted by Gasteiger charge is 2.33. The van der Waals surface area contributed by atoms with Crippen LogP contribution in [-0.4, -0.2) is 37.8 Å². The fraction of sp³-hybridized carbons (Fsp3) is 0.0952. The second kappa shape index (κ2) is 10.3. The van der Waals surface area contributed by atoms with Gasteiger partial charge in [0.2, 0.25) is 11.0 Å². The summed E-state index contributed by atoms with van der Waals surface area (Å²) in [4.78, 5) is 26.8. The van der Waals surface area contributed by atoms with E-state index in [2.05, 4.69) is 15.5 Å². The quantitative estimate of drug-likeness (QED) is 0.215.